The molecule has 0 spiro atoms. The van der Waals surface area contributed by atoms with Crippen molar-refractivity contribution in [3.05, 3.63) is 187 Å². The Kier molecular flexibility index (Phi) is 7.01. The van der Waals surface area contributed by atoms with Crippen molar-refractivity contribution in [1.82, 2.24) is 0 Å². The molecule has 220 valence electrons. The first kappa shape index (κ1) is 28.1. The first-order valence-electron chi connectivity index (χ1n) is 16.0. The van der Waals surface area contributed by atoms with Crippen molar-refractivity contribution in [3.63, 3.8) is 0 Å². The van der Waals surface area contributed by atoms with Gasteiger partial charge in [-0.3, -0.25) is 0 Å². The zero-order valence-corrected chi connectivity index (χ0v) is 27.2. The van der Waals surface area contributed by atoms with Gasteiger partial charge in [0.25, 0.3) is 0 Å². The standard InChI is InChI=1S/C44H35NSi/c1-32-20-28-38(29-21-32)46(39-30-22-33(2)23-31-39)42-18-10-9-16-40(42)44-41(17-11-19-43(44)46)45(36-14-7-4-8-15-36)37-26-24-35(25-27-37)34-12-5-3-6-13-34/h3-31H,1-2H3. The minimum absolute atomic E-state index is 1.14. The van der Waals surface area contributed by atoms with Crippen LogP contribution in [-0.2, 0) is 0 Å². The lowest BCUT2D eigenvalue weighted by molar-refractivity contribution is 1.29. The van der Waals surface area contributed by atoms with E-state index in [1.807, 2.05) is 0 Å². The number of anilines is 3. The average Bonchev–Trinajstić information content (AvgIpc) is 3.42. The van der Waals surface area contributed by atoms with Crippen molar-refractivity contribution in [3.8, 4) is 22.3 Å². The predicted octanol–water partition coefficient (Wildman–Crippen LogP) is 8.80. The third-order valence-electron chi connectivity index (χ3n) is 9.50. The third kappa shape index (κ3) is 4.53. The highest BCUT2D eigenvalue weighted by Crippen LogP contribution is 2.43. The Labute approximate surface area is 273 Å². The Bertz CT molecular complexity index is 2090. The van der Waals surface area contributed by atoms with E-state index in [1.165, 1.54) is 59.8 Å². The molecular formula is C44H35NSi. The summed E-state index contributed by atoms with van der Waals surface area (Å²) in [6, 6.07) is 65.3. The second kappa shape index (κ2) is 11.5. The average molecular weight is 606 g/mol. The summed E-state index contributed by atoms with van der Waals surface area (Å²) in [6.07, 6.45) is 0. The molecule has 0 saturated carbocycles. The molecule has 1 heterocycles. The molecule has 0 saturated heterocycles. The van der Waals surface area contributed by atoms with Crippen LogP contribution in [0.1, 0.15) is 11.1 Å². The van der Waals surface area contributed by atoms with Gasteiger partial charge in [0.05, 0.1) is 5.69 Å². The maximum atomic E-state index is 2.44. The molecule has 0 bridgehead atoms. The number of hydrogen-bond donors (Lipinski definition) is 0. The second-order valence-corrected chi connectivity index (χ2v) is 16.0. The zero-order chi connectivity index (χ0) is 31.1. The quantitative estimate of drug-likeness (QED) is 0.171. The molecule has 7 aromatic rings. The number of fused-ring (bicyclic) bond motifs is 3. The summed E-state index contributed by atoms with van der Waals surface area (Å²) < 4.78 is 0. The van der Waals surface area contributed by atoms with E-state index in [1.54, 1.807) is 0 Å². The number of benzene rings is 7. The zero-order valence-electron chi connectivity index (χ0n) is 26.2. The molecule has 0 amide bonds. The van der Waals surface area contributed by atoms with Crippen LogP contribution in [0.5, 0.6) is 0 Å². The van der Waals surface area contributed by atoms with Crippen LogP contribution in [0.15, 0.2) is 176 Å². The fourth-order valence-electron chi connectivity index (χ4n) is 7.33. The van der Waals surface area contributed by atoms with E-state index < -0.39 is 8.07 Å². The van der Waals surface area contributed by atoms with Crippen LogP contribution in [0.3, 0.4) is 0 Å². The first-order chi connectivity index (χ1) is 22.6. The van der Waals surface area contributed by atoms with Crippen molar-refractivity contribution < 1.29 is 0 Å². The minimum Gasteiger partial charge on any atom is -0.310 e. The summed E-state index contributed by atoms with van der Waals surface area (Å²) in [4.78, 5) is 2.44. The fraction of sp³-hybridized carbons (Fsp3) is 0.0455. The van der Waals surface area contributed by atoms with Crippen LogP contribution in [0, 0.1) is 13.8 Å². The predicted molar refractivity (Wildman–Crippen MR) is 199 cm³/mol. The van der Waals surface area contributed by atoms with Crippen molar-refractivity contribution in [2.75, 3.05) is 4.90 Å². The number of hydrogen-bond acceptors (Lipinski definition) is 1. The SMILES string of the molecule is Cc1ccc([Si]2(c3ccc(C)cc3)c3ccccc3-c3c(N(c4ccccc4)c4ccc(-c5ccccc5)cc4)cccc32)cc1. The largest absolute Gasteiger partial charge is 0.310 e. The van der Waals surface area contributed by atoms with Gasteiger partial charge in [0, 0.05) is 16.9 Å². The summed E-state index contributed by atoms with van der Waals surface area (Å²) in [5.74, 6) is 0. The Hall–Kier alpha value is -5.44. The van der Waals surface area contributed by atoms with Crippen LogP contribution >= 0.6 is 0 Å². The molecule has 8 rings (SSSR count). The van der Waals surface area contributed by atoms with Crippen molar-refractivity contribution >= 4 is 45.9 Å². The fourth-order valence-corrected chi connectivity index (χ4v) is 12.5. The molecule has 1 nitrogen and oxygen atoms in total. The van der Waals surface area contributed by atoms with Gasteiger partial charge in [0.15, 0.2) is 8.07 Å². The molecule has 46 heavy (non-hydrogen) atoms. The number of rotatable bonds is 6. The lowest BCUT2D eigenvalue weighted by Gasteiger charge is -2.32. The van der Waals surface area contributed by atoms with Gasteiger partial charge in [-0.15, -0.1) is 0 Å². The maximum Gasteiger partial charge on any atom is 0.180 e. The van der Waals surface area contributed by atoms with Gasteiger partial charge in [-0.05, 0) is 81.6 Å². The summed E-state index contributed by atoms with van der Waals surface area (Å²) in [7, 11) is -2.63. The van der Waals surface area contributed by atoms with Gasteiger partial charge in [-0.2, -0.15) is 0 Å². The van der Waals surface area contributed by atoms with E-state index in [-0.39, 0.29) is 0 Å². The molecule has 7 aromatic carbocycles. The van der Waals surface area contributed by atoms with E-state index in [0.717, 1.165) is 11.4 Å². The molecule has 1 aliphatic heterocycles. The first-order valence-corrected chi connectivity index (χ1v) is 18.0. The van der Waals surface area contributed by atoms with Crippen LogP contribution in [-0.4, -0.2) is 8.07 Å². The topological polar surface area (TPSA) is 3.24 Å². The number of nitrogens with zero attached hydrogens (tertiary/aromatic N) is 1. The summed E-state index contributed by atoms with van der Waals surface area (Å²) in [5.41, 5.74) is 11.2. The van der Waals surface area contributed by atoms with Gasteiger partial charge in [-0.1, -0.05) is 157 Å². The maximum absolute atomic E-state index is 2.63. The van der Waals surface area contributed by atoms with E-state index in [9.17, 15) is 0 Å². The molecule has 1 aliphatic rings. The Morgan fingerprint density at radius 2 is 0.891 bits per heavy atom. The van der Waals surface area contributed by atoms with E-state index in [4.69, 9.17) is 0 Å². The van der Waals surface area contributed by atoms with Crippen molar-refractivity contribution in [1.29, 1.82) is 0 Å². The van der Waals surface area contributed by atoms with Crippen LogP contribution < -0.4 is 25.6 Å². The van der Waals surface area contributed by atoms with Gasteiger partial charge in [0.1, 0.15) is 0 Å². The minimum atomic E-state index is -2.63. The molecule has 0 radical (unpaired) electrons. The van der Waals surface area contributed by atoms with Gasteiger partial charge < -0.3 is 4.90 Å². The summed E-state index contributed by atoms with van der Waals surface area (Å²) in [5, 5.41) is 5.74. The Morgan fingerprint density at radius 3 is 1.52 bits per heavy atom. The van der Waals surface area contributed by atoms with E-state index >= 15 is 0 Å². The highest BCUT2D eigenvalue weighted by Gasteiger charge is 2.49. The molecule has 0 unspecified atom stereocenters. The Morgan fingerprint density at radius 1 is 0.391 bits per heavy atom. The Balaban J connectivity index is 1.41. The van der Waals surface area contributed by atoms with Crippen molar-refractivity contribution in [2.45, 2.75) is 13.8 Å². The second-order valence-electron chi connectivity index (χ2n) is 12.3. The highest BCUT2D eigenvalue weighted by molar-refractivity contribution is 7.22. The molecule has 0 atom stereocenters. The van der Waals surface area contributed by atoms with Gasteiger partial charge in [0.2, 0.25) is 0 Å². The molecule has 0 aromatic heterocycles. The summed E-state index contributed by atoms with van der Waals surface area (Å²) in [6.45, 7) is 4.36. The molecule has 0 N–H and O–H groups in total. The normalized spacial score (nSPS) is 12.7. The van der Waals surface area contributed by atoms with Crippen LogP contribution in [0.25, 0.3) is 22.3 Å². The lowest BCUT2D eigenvalue weighted by Crippen LogP contribution is -2.72. The number of aryl methyl sites for hydroxylation is 2. The summed E-state index contributed by atoms with van der Waals surface area (Å²) >= 11 is 0. The highest BCUT2D eigenvalue weighted by atomic mass is 28.3. The van der Waals surface area contributed by atoms with E-state index in [2.05, 4.69) is 195 Å². The van der Waals surface area contributed by atoms with Crippen LogP contribution in [0.4, 0.5) is 17.1 Å². The monoisotopic (exact) mass is 605 g/mol. The molecule has 0 fully saturated rings. The smallest absolute Gasteiger partial charge is 0.180 e. The van der Waals surface area contributed by atoms with Gasteiger partial charge >= 0.3 is 0 Å². The van der Waals surface area contributed by atoms with Gasteiger partial charge in [-0.25, -0.2) is 0 Å². The molecular weight excluding hydrogens is 571 g/mol. The van der Waals surface area contributed by atoms with Crippen molar-refractivity contribution in [2.24, 2.45) is 0 Å². The third-order valence-corrected chi connectivity index (χ3v) is 14.4. The number of para-hydroxylation sites is 1. The van der Waals surface area contributed by atoms with Crippen LogP contribution in [0.2, 0.25) is 0 Å². The lowest BCUT2D eigenvalue weighted by atomic mass is 10.0. The molecule has 0 aliphatic carbocycles. The van der Waals surface area contributed by atoms with E-state index in [0.29, 0.717) is 0 Å². The molecule has 2 heteroatoms.